The SMILES string of the molecule is CCC1CCCCN1C(=O)COC(=O)c1cccc2c1C(=O)c1ccccc1C2=O. The Hall–Kier alpha value is -3.28. The Morgan fingerprint density at radius 3 is 2.40 bits per heavy atom. The van der Waals surface area contributed by atoms with Crippen LogP contribution in [0.2, 0.25) is 0 Å². The summed E-state index contributed by atoms with van der Waals surface area (Å²) in [6, 6.07) is 11.3. The number of esters is 1. The summed E-state index contributed by atoms with van der Waals surface area (Å²) in [5.74, 6) is -1.69. The molecule has 0 aromatic heterocycles. The van der Waals surface area contributed by atoms with Gasteiger partial charge < -0.3 is 9.64 Å². The Morgan fingerprint density at radius 2 is 1.67 bits per heavy atom. The molecule has 0 radical (unpaired) electrons. The number of ketones is 2. The first-order valence-electron chi connectivity index (χ1n) is 10.3. The summed E-state index contributed by atoms with van der Waals surface area (Å²) >= 11 is 0. The number of benzene rings is 2. The van der Waals surface area contributed by atoms with Crippen molar-refractivity contribution in [1.82, 2.24) is 4.90 Å². The number of rotatable bonds is 4. The molecule has 1 amide bonds. The van der Waals surface area contributed by atoms with Crippen LogP contribution in [-0.4, -0.2) is 47.5 Å². The maximum absolute atomic E-state index is 13.0. The fraction of sp³-hybridized carbons (Fsp3) is 0.333. The maximum Gasteiger partial charge on any atom is 0.339 e. The van der Waals surface area contributed by atoms with E-state index in [-0.39, 0.29) is 52.4 Å². The third kappa shape index (κ3) is 3.43. The fourth-order valence-corrected chi connectivity index (χ4v) is 4.36. The van der Waals surface area contributed by atoms with Crippen LogP contribution in [0.5, 0.6) is 0 Å². The van der Waals surface area contributed by atoms with Gasteiger partial charge in [0.15, 0.2) is 18.2 Å². The van der Waals surface area contributed by atoms with Crippen LogP contribution in [0, 0.1) is 0 Å². The third-order valence-electron chi connectivity index (χ3n) is 5.92. The van der Waals surface area contributed by atoms with Gasteiger partial charge in [-0.25, -0.2) is 4.79 Å². The Labute approximate surface area is 174 Å². The lowest BCUT2D eigenvalue weighted by Gasteiger charge is -2.35. The van der Waals surface area contributed by atoms with Gasteiger partial charge in [-0.15, -0.1) is 0 Å². The molecular weight excluding hydrogens is 382 g/mol. The van der Waals surface area contributed by atoms with E-state index in [1.54, 1.807) is 35.2 Å². The largest absolute Gasteiger partial charge is 0.452 e. The second-order valence-electron chi connectivity index (χ2n) is 7.65. The third-order valence-corrected chi connectivity index (χ3v) is 5.92. The molecule has 0 saturated carbocycles. The van der Waals surface area contributed by atoms with Gasteiger partial charge in [-0.05, 0) is 31.7 Å². The van der Waals surface area contributed by atoms with Crippen LogP contribution in [-0.2, 0) is 9.53 Å². The zero-order chi connectivity index (χ0) is 21.3. The van der Waals surface area contributed by atoms with E-state index in [0.29, 0.717) is 12.1 Å². The highest BCUT2D eigenvalue weighted by atomic mass is 16.5. The first-order valence-corrected chi connectivity index (χ1v) is 10.3. The second kappa shape index (κ2) is 8.22. The van der Waals surface area contributed by atoms with Crippen LogP contribution in [0.3, 0.4) is 0 Å². The molecule has 4 rings (SSSR count). The van der Waals surface area contributed by atoms with E-state index >= 15 is 0 Å². The van der Waals surface area contributed by atoms with Gasteiger partial charge in [-0.2, -0.15) is 0 Å². The number of ether oxygens (including phenoxy) is 1. The maximum atomic E-state index is 13.0. The lowest BCUT2D eigenvalue weighted by atomic mass is 9.82. The van der Waals surface area contributed by atoms with E-state index < -0.39 is 5.97 Å². The van der Waals surface area contributed by atoms with Crippen molar-refractivity contribution in [1.29, 1.82) is 0 Å². The number of amides is 1. The van der Waals surface area contributed by atoms with E-state index in [1.165, 1.54) is 12.1 Å². The van der Waals surface area contributed by atoms with Gasteiger partial charge in [-0.3, -0.25) is 14.4 Å². The smallest absolute Gasteiger partial charge is 0.339 e. The summed E-state index contributed by atoms with van der Waals surface area (Å²) in [6.45, 7) is 2.33. The summed E-state index contributed by atoms with van der Waals surface area (Å²) in [4.78, 5) is 53.0. The topological polar surface area (TPSA) is 80.8 Å². The fourth-order valence-electron chi connectivity index (χ4n) is 4.36. The lowest BCUT2D eigenvalue weighted by molar-refractivity contribution is -0.138. The minimum Gasteiger partial charge on any atom is -0.452 e. The van der Waals surface area contributed by atoms with Crippen molar-refractivity contribution in [2.45, 2.75) is 38.6 Å². The molecule has 1 heterocycles. The molecule has 1 atom stereocenters. The lowest BCUT2D eigenvalue weighted by Crippen LogP contribution is -2.45. The molecule has 6 heteroatoms. The molecule has 0 N–H and O–H groups in total. The van der Waals surface area contributed by atoms with Crippen molar-refractivity contribution in [3.05, 3.63) is 70.3 Å². The predicted octanol–water partition coefficient (Wildman–Crippen LogP) is 3.41. The van der Waals surface area contributed by atoms with Crippen molar-refractivity contribution in [2.75, 3.05) is 13.2 Å². The molecule has 1 aliphatic carbocycles. The second-order valence-corrected chi connectivity index (χ2v) is 7.65. The Morgan fingerprint density at radius 1 is 0.967 bits per heavy atom. The molecule has 30 heavy (non-hydrogen) atoms. The van der Waals surface area contributed by atoms with Crippen molar-refractivity contribution in [3.8, 4) is 0 Å². The normalized spacial score (nSPS) is 17.9. The number of likely N-dealkylation sites (tertiary alicyclic amines) is 1. The summed E-state index contributed by atoms with van der Waals surface area (Å²) < 4.78 is 5.28. The number of piperidine rings is 1. The van der Waals surface area contributed by atoms with Crippen molar-refractivity contribution in [2.24, 2.45) is 0 Å². The van der Waals surface area contributed by atoms with Gasteiger partial charge in [0.1, 0.15) is 0 Å². The molecule has 2 aromatic rings. The highest BCUT2D eigenvalue weighted by Gasteiger charge is 2.33. The number of carbonyl (C=O) groups excluding carboxylic acids is 4. The number of carbonyl (C=O) groups is 4. The van der Waals surface area contributed by atoms with Crippen molar-refractivity contribution >= 4 is 23.4 Å². The highest BCUT2D eigenvalue weighted by molar-refractivity contribution is 6.30. The van der Waals surface area contributed by atoms with Crippen molar-refractivity contribution in [3.63, 3.8) is 0 Å². The molecule has 6 nitrogen and oxygen atoms in total. The number of hydrogen-bond acceptors (Lipinski definition) is 5. The molecular formula is C24H23NO5. The van der Waals surface area contributed by atoms with Gasteiger partial charge in [0, 0.05) is 34.8 Å². The Bertz CT molecular complexity index is 1040. The van der Waals surface area contributed by atoms with Crippen molar-refractivity contribution < 1.29 is 23.9 Å². The zero-order valence-electron chi connectivity index (χ0n) is 16.8. The molecule has 0 spiro atoms. The van der Waals surface area contributed by atoms with Gasteiger partial charge in [0.2, 0.25) is 0 Å². The minimum absolute atomic E-state index is 0.0128. The van der Waals surface area contributed by atoms with E-state index in [0.717, 1.165) is 25.7 Å². The van der Waals surface area contributed by atoms with Gasteiger partial charge in [0.05, 0.1) is 5.56 Å². The van der Waals surface area contributed by atoms with E-state index in [2.05, 4.69) is 0 Å². The van der Waals surface area contributed by atoms with E-state index in [4.69, 9.17) is 4.74 Å². The molecule has 1 saturated heterocycles. The molecule has 1 unspecified atom stereocenters. The van der Waals surface area contributed by atoms with E-state index in [1.807, 2.05) is 6.92 Å². The predicted molar refractivity (Wildman–Crippen MR) is 110 cm³/mol. The molecule has 1 aliphatic heterocycles. The number of nitrogens with zero attached hydrogens (tertiary/aromatic N) is 1. The summed E-state index contributed by atoms with van der Waals surface area (Å²) in [5.41, 5.74) is 0.834. The highest BCUT2D eigenvalue weighted by Crippen LogP contribution is 2.30. The zero-order valence-corrected chi connectivity index (χ0v) is 16.8. The standard InChI is InChI=1S/C24H23NO5/c1-2-15-8-5-6-13-25(15)20(26)14-30-24(29)19-12-7-11-18-21(19)23(28)17-10-4-3-9-16(17)22(18)27/h3-4,7,9-12,15H,2,5-6,8,13-14H2,1H3. The van der Waals surface area contributed by atoms with Crippen LogP contribution in [0.15, 0.2) is 42.5 Å². The van der Waals surface area contributed by atoms with Crippen LogP contribution in [0.1, 0.15) is 74.8 Å². The summed E-state index contributed by atoms with van der Waals surface area (Å²) in [5, 5.41) is 0. The first kappa shape index (κ1) is 20.0. The van der Waals surface area contributed by atoms with E-state index in [9.17, 15) is 19.2 Å². The Balaban J connectivity index is 1.55. The van der Waals surface area contributed by atoms with Gasteiger partial charge in [0.25, 0.3) is 5.91 Å². The molecule has 154 valence electrons. The minimum atomic E-state index is -0.772. The number of hydrogen-bond donors (Lipinski definition) is 0. The van der Waals surface area contributed by atoms with Gasteiger partial charge in [-0.1, -0.05) is 43.3 Å². The number of fused-ring (bicyclic) bond motifs is 2. The monoisotopic (exact) mass is 405 g/mol. The van der Waals surface area contributed by atoms with Crippen LogP contribution in [0.4, 0.5) is 0 Å². The molecule has 2 aliphatic rings. The quantitative estimate of drug-likeness (QED) is 0.622. The molecule has 0 bridgehead atoms. The average Bonchev–Trinajstić information content (AvgIpc) is 2.80. The van der Waals surface area contributed by atoms with Crippen LogP contribution in [0.25, 0.3) is 0 Å². The molecule has 1 fully saturated rings. The summed E-state index contributed by atoms with van der Waals surface area (Å²) in [7, 11) is 0. The average molecular weight is 405 g/mol. The van der Waals surface area contributed by atoms with Crippen LogP contribution >= 0.6 is 0 Å². The summed E-state index contributed by atoms with van der Waals surface area (Å²) in [6.07, 6.45) is 3.86. The van der Waals surface area contributed by atoms with Crippen LogP contribution < -0.4 is 0 Å². The molecule has 2 aromatic carbocycles. The van der Waals surface area contributed by atoms with Gasteiger partial charge >= 0.3 is 5.97 Å². The first-order chi connectivity index (χ1) is 14.5. The Kier molecular flexibility index (Phi) is 5.48.